The number of alkyl halides is 4. The lowest BCUT2D eigenvalue weighted by Crippen LogP contribution is -2.47. The first-order valence-electron chi connectivity index (χ1n) is 19.2. The Hall–Kier alpha value is -5.67. The normalized spacial score (nSPS) is 19.3. The first-order chi connectivity index (χ1) is 28.0. The number of ether oxygens (including phenoxy) is 1. The van der Waals surface area contributed by atoms with Crippen LogP contribution in [0.1, 0.15) is 69.7 Å². The molecule has 4 amide bonds. The molecule has 6 rings (SSSR count). The standard InChI is InChI=1S/C41H44F4N8O5S/c1-24(36(55)49-28-6-4-5-27(20-28)48-32-8-10-35(54)50-37(32)56)51-16-12-25(13-17-51)14-18-58-34-9-7-29(19-26(34)11-15-42)53-39(59)52(38(57)40(53,2)3)30-21-31(41(43,44)45)33(22-46)47-23-30/h4-7,9,19-21,23-25,32,48H,8,10-18H2,1-3H3,(H,49,55)(H,50,54,56)/t24-,32?/m0/s1. The van der Waals surface area contributed by atoms with Crippen LogP contribution in [0.25, 0.3) is 0 Å². The van der Waals surface area contributed by atoms with Crippen molar-refractivity contribution in [2.45, 2.75) is 83.1 Å². The van der Waals surface area contributed by atoms with Crippen LogP contribution in [0, 0.1) is 17.2 Å². The summed E-state index contributed by atoms with van der Waals surface area (Å²) >= 11 is 5.64. The second-order valence-electron chi connectivity index (χ2n) is 15.3. The second-order valence-corrected chi connectivity index (χ2v) is 15.6. The van der Waals surface area contributed by atoms with Crippen LogP contribution in [0.5, 0.6) is 5.75 Å². The number of piperidine rings is 2. The minimum atomic E-state index is -4.89. The monoisotopic (exact) mass is 836 g/mol. The van der Waals surface area contributed by atoms with Gasteiger partial charge in [0.05, 0.1) is 36.8 Å². The van der Waals surface area contributed by atoms with Gasteiger partial charge in [0, 0.05) is 29.9 Å². The number of likely N-dealkylation sites (tertiary alicyclic amines) is 1. The highest BCUT2D eigenvalue weighted by Crippen LogP contribution is 2.40. The number of hydrogen-bond donors (Lipinski definition) is 3. The van der Waals surface area contributed by atoms with Gasteiger partial charge in [0.25, 0.3) is 5.91 Å². The molecule has 13 nitrogen and oxygen atoms in total. The molecular formula is C41H44F4N8O5S. The second kappa shape index (κ2) is 17.7. The number of nitrogens with one attached hydrogen (secondary N) is 3. The number of imide groups is 1. The number of pyridine rings is 1. The summed E-state index contributed by atoms with van der Waals surface area (Å²) < 4.78 is 61.2. The van der Waals surface area contributed by atoms with E-state index < -0.39 is 47.6 Å². The Morgan fingerprint density at radius 3 is 2.49 bits per heavy atom. The van der Waals surface area contributed by atoms with Crippen LogP contribution in [-0.2, 0) is 31.8 Å². The number of aryl methyl sites for hydroxylation is 1. The number of hydrogen-bond acceptors (Lipinski definition) is 10. The molecule has 1 unspecified atom stereocenters. The van der Waals surface area contributed by atoms with Gasteiger partial charge in [-0.1, -0.05) is 6.07 Å². The maximum atomic E-state index is 13.8. The number of carbonyl (C=O) groups is 4. The van der Waals surface area contributed by atoms with Gasteiger partial charge in [0.2, 0.25) is 17.7 Å². The fraction of sp³-hybridized carbons (Fsp3) is 0.439. The Balaban J connectivity index is 1.02. The number of nitriles is 1. The molecule has 18 heteroatoms. The van der Waals surface area contributed by atoms with E-state index in [2.05, 4.69) is 25.8 Å². The van der Waals surface area contributed by atoms with Gasteiger partial charge < -0.3 is 20.3 Å². The Morgan fingerprint density at radius 2 is 1.81 bits per heavy atom. The van der Waals surface area contributed by atoms with Crippen LogP contribution in [0.3, 0.4) is 0 Å². The molecule has 0 bridgehead atoms. The molecule has 0 spiro atoms. The lowest BCUT2D eigenvalue weighted by atomic mass is 9.93. The van der Waals surface area contributed by atoms with Gasteiger partial charge in [0.1, 0.15) is 23.4 Å². The SMILES string of the molecule is C[C@@H](C(=O)Nc1cccc(NC2CCC(=O)NC2=O)c1)N1CCC(CCOc2ccc(N3C(=S)N(c4cnc(C#N)c(C(F)(F)F)c4)C(=O)C3(C)C)cc2CCF)CC1. The van der Waals surface area contributed by atoms with Gasteiger partial charge in [-0.25, -0.2) is 4.98 Å². The molecule has 2 atom stereocenters. The lowest BCUT2D eigenvalue weighted by Gasteiger charge is -2.35. The molecule has 3 aliphatic rings. The van der Waals surface area contributed by atoms with Crippen LogP contribution >= 0.6 is 12.2 Å². The average Bonchev–Trinajstić information content (AvgIpc) is 3.37. The van der Waals surface area contributed by atoms with Crippen molar-refractivity contribution in [3.05, 3.63) is 71.5 Å². The highest BCUT2D eigenvalue weighted by Gasteiger charge is 2.51. The van der Waals surface area contributed by atoms with Gasteiger partial charge in [-0.2, -0.15) is 18.4 Å². The minimum absolute atomic E-state index is 0.00926. The predicted molar refractivity (Wildman–Crippen MR) is 215 cm³/mol. The van der Waals surface area contributed by atoms with Gasteiger partial charge in [0.15, 0.2) is 10.8 Å². The van der Waals surface area contributed by atoms with Crippen molar-refractivity contribution in [1.29, 1.82) is 5.26 Å². The van der Waals surface area contributed by atoms with Crippen molar-refractivity contribution in [3.8, 4) is 11.8 Å². The number of amides is 4. The fourth-order valence-corrected chi connectivity index (χ4v) is 8.10. The minimum Gasteiger partial charge on any atom is -0.493 e. The Morgan fingerprint density at radius 1 is 1.08 bits per heavy atom. The first kappa shape index (κ1) is 42.9. The molecule has 0 saturated carbocycles. The summed E-state index contributed by atoms with van der Waals surface area (Å²) in [6, 6.07) is 13.2. The summed E-state index contributed by atoms with van der Waals surface area (Å²) in [4.78, 5) is 58.7. The maximum absolute atomic E-state index is 13.8. The first-order valence-corrected chi connectivity index (χ1v) is 19.7. The third-order valence-electron chi connectivity index (χ3n) is 10.9. The molecule has 3 aliphatic heterocycles. The van der Waals surface area contributed by atoms with Crippen LogP contribution in [0.4, 0.5) is 40.3 Å². The van der Waals surface area contributed by atoms with Gasteiger partial charge in [-0.3, -0.25) is 38.7 Å². The van der Waals surface area contributed by atoms with E-state index in [0.29, 0.717) is 66.5 Å². The maximum Gasteiger partial charge on any atom is 0.419 e. The molecule has 4 heterocycles. The Labute approximate surface area is 344 Å². The number of thiocarbonyl (C=S) groups is 1. The molecule has 3 N–H and O–H groups in total. The Kier molecular flexibility index (Phi) is 12.9. The zero-order chi connectivity index (χ0) is 42.6. The summed E-state index contributed by atoms with van der Waals surface area (Å²) in [5, 5.41) is 17.5. The quantitative estimate of drug-likeness (QED) is 0.103. The predicted octanol–water partition coefficient (Wildman–Crippen LogP) is 6.13. The largest absolute Gasteiger partial charge is 0.493 e. The van der Waals surface area contributed by atoms with Crippen molar-refractivity contribution in [3.63, 3.8) is 0 Å². The van der Waals surface area contributed by atoms with Gasteiger partial charge >= 0.3 is 6.18 Å². The van der Waals surface area contributed by atoms with E-state index in [1.165, 1.54) is 11.0 Å². The van der Waals surface area contributed by atoms with Crippen molar-refractivity contribution >= 4 is 63.7 Å². The zero-order valence-electron chi connectivity index (χ0n) is 32.7. The van der Waals surface area contributed by atoms with Gasteiger partial charge in [-0.15, -0.1) is 0 Å². The third-order valence-corrected chi connectivity index (χ3v) is 11.3. The van der Waals surface area contributed by atoms with Crippen molar-refractivity contribution in [1.82, 2.24) is 15.2 Å². The van der Waals surface area contributed by atoms with Crippen LogP contribution in [-0.4, -0.2) is 82.6 Å². The van der Waals surface area contributed by atoms with E-state index in [1.54, 1.807) is 56.3 Å². The van der Waals surface area contributed by atoms with E-state index in [9.17, 15) is 36.7 Å². The lowest BCUT2D eigenvalue weighted by molar-refractivity contribution is -0.138. The number of halogens is 4. The van der Waals surface area contributed by atoms with E-state index in [4.69, 9.17) is 22.2 Å². The molecule has 3 saturated heterocycles. The van der Waals surface area contributed by atoms with Crippen LogP contribution < -0.4 is 30.5 Å². The third kappa shape index (κ3) is 9.47. The Bertz CT molecular complexity index is 2170. The molecule has 2 aromatic carbocycles. The van der Waals surface area contributed by atoms with E-state index >= 15 is 0 Å². The molecule has 3 aromatic rings. The summed E-state index contributed by atoms with van der Waals surface area (Å²) in [6.45, 7) is 6.08. The zero-order valence-corrected chi connectivity index (χ0v) is 33.5. The summed E-state index contributed by atoms with van der Waals surface area (Å²) in [5.41, 5.74) is -1.51. The number of benzene rings is 2. The van der Waals surface area contributed by atoms with Crippen molar-refractivity contribution in [2.75, 3.05) is 46.8 Å². The van der Waals surface area contributed by atoms with Crippen LogP contribution in [0.15, 0.2) is 54.7 Å². The van der Waals surface area contributed by atoms with Gasteiger partial charge in [-0.05, 0) is 126 Å². The molecule has 0 aliphatic carbocycles. The molecule has 312 valence electrons. The molecule has 3 fully saturated rings. The van der Waals surface area contributed by atoms with E-state index in [1.807, 2.05) is 6.92 Å². The fourth-order valence-electron chi connectivity index (χ4n) is 7.58. The summed E-state index contributed by atoms with van der Waals surface area (Å²) in [5.74, 6) is -0.655. The summed E-state index contributed by atoms with van der Waals surface area (Å²) in [7, 11) is 0. The number of rotatable bonds is 13. The van der Waals surface area contributed by atoms with Crippen LogP contribution in [0.2, 0.25) is 0 Å². The molecule has 1 aromatic heterocycles. The molecular weight excluding hydrogens is 793 g/mol. The average molecular weight is 837 g/mol. The van der Waals surface area contributed by atoms with E-state index in [-0.39, 0.29) is 41.4 Å². The number of carbonyl (C=O) groups excluding carboxylic acids is 4. The molecule has 59 heavy (non-hydrogen) atoms. The highest BCUT2D eigenvalue weighted by molar-refractivity contribution is 7.81. The molecule has 0 radical (unpaired) electrons. The number of anilines is 4. The van der Waals surface area contributed by atoms with Crippen molar-refractivity contribution < 1.29 is 41.5 Å². The van der Waals surface area contributed by atoms with Crippen molar-refractivity contribution in [2.24, 2.45) is 5.92 Å². The topological polar surface area (TPSA) is 160 Å². The smallest absolute Gasteiger partial charge is 0.419 e. The van der Waals surface area contributed by atoms with E-state index in [0.717, 1.165) is 30.4 Å². The number of aromatic nitrogens is 1. The highest BCUT2D eigenvalue weighted by atomic mass is 32.1. The summed E-state index contributed by atoms with van der Waals surface area (Å²) in [6.07, 6.45) is -0.839. The number of nitrogens with zero attached hydrogens (tertiary/aromatic N) is 5.